The van der Waals surface area contributed by atoms with E-state index >= 15 is 0 Å². The van der Waals surface area contributed by atoms with E-state index in [1.807, 2.05) is 6.07 Å². The third-order valence-corrected chi connectivity index (χ3v) is 2.69. The molecule has 0 aliphatic carbocycles. The molecule has 6 heteroatoms. The average Bonchev–Trinajstić information content (AvgIpc) is 2.92. The standard InChI is InChI=1S/C14H18N4O.HI/c1-11-4-3-5-12(8-11)9-16-14(15-2)17-10-13-6-7-19-18-13;/h3-8H,9-10H2,1-2H3,(H2,15,16,17);1H. The molecule has 0 aliphatic heterocycles. The first-order valence-corrected chi connectivity index (χ1v) is 6.17. The third-order valence-electron chi connectivity index (χ3n) is 2.69. The Hall–Kier alpha value is -1.57. The number of benzene rings is 1. The van der Waals surface area contributed by atoms with E-state index in [4.69, 9.17) is 4.52 Å². The van der Waals surface area contributed by atoms with Gasteiger partial charge in [0.2, 0.25) is 0 Å². The summed E-state index contributed by atoms with van der Waals surface area (Å²) in [5, 5.41) is 10.3. The van der Waals surface area contributed by atoms with E-state index in [1.165, 1.54) is 11.1 Å². The number of halogens is 1. The fraction of sp³-hybridized carbons (Fsp3) is 0.286. The smallest absolute Gasteiger partial charge is 0.191 e. The highest BCUT2D eigenvalue weighted by Crippen LogP contribution is 2.03. The molecule has 0 atom stereocenters. The molecule has 1 aromatic carbocycles. The number of aromatic nitrogens is 1. The maximum absolute atomic E-state index is 4.77. The molecule has 0 saturated heterocycles. The number of guanidine groups is 1. The Morgan fingerprint density at radius 1 is 1.25 bits per heavy atom. The van der Waals surface area contributed by atoms with Crippen LogP contribution in [0.25, 0.3) is 0 Å². The van der Waals surface area contributed by atoms with Crippen LogP contribution < -0.4 is 10.6 Å². The van der Waals surface area contributed by atoms with E-state index in [1.54, 1.807) is 13.3 Å². The molecular formula is C14H19IN4O. The summed E-state index contributed by atoms with van der Waals surface area (Å²) in [6.45, 7) is 3.41. The van der Waals surface area contributed by atoms with Gasteiger partial charge in [-0.2, -0.15) is 0 Å². The van der Waals surface area contributed by atoms with Gasteiger partial charge in [-0.15, -0.1) is 24.0 Å². The van der Waals surface area contributed by atoms with Crippen molar-refractivity contribution in [2.75, 3.05) is 7.05 Å². The van der Waals surface area contributed by atoms with Gasteiger partial charge in [-0.3, -0.25) is 4.99 Å². The molecular weight excluding hydrogens is 367 g/mol. The van der Waals surface area contributed by atoms with Crippen LogP contribution in [0.3, 0.4) is 0 Å². The van der Waals surface area contributed by atoms with Crippen LogP contribution in [0.1, 0.15) is 16.8 Å². The van der Waals surface area contributed by atoms with Crippen LogP contribution in [0.4, 0.5) is 0 Å². The molecule has 0 bridgehead atoms. The van der Waals surface area contributed by atoms with E-state index in [-0.39, 0.29) is 24.0 Å². The normalized spacial score (nSPS) is 10.8. The summed E-state index contributed by atoms with van der Waals surface area (Å²) in [5.41, 5.74) is 3.33. The van der Waals surface area contributed by atoms with E-state index < -0.39 is 0 Å². The fourth-order valence-corrected chi connectivity index (χ4v) is 1.73. The first-order valence-electron chi connectivity index (χ1n) is 6.17. The Bertz CT molecular complexity index is 540. The zero-order valence-corrected chi connectivity index (χ0v) is 13.9. The zero-order chi connectivity index (χ0) is 13.5. The Balaban J connectivity index is 0.00000200. The minimum atomic E-state index is 0. The van der Waals surface area contributed by atoms with Crippen molar-refractivity contribution < 1.29 is 4.52 Å². The van der Waals surface area contributed by atoms with Gasteiger partial charge in [-0.05, 0) is 12.5 Å². The average molecular weight is 386 g/mol. The van der Waals surface area contributed by atoms with Crippen LogP contribution in [0, 0.1) is 6.92 Å². The molecule has 2 aromatic rings. The number of nitrogens with one attached hydrogen (secondary N) is 2. The number of aliphatic imine (C=N–C) groups is 1. The molecule has 0 saturated carbocycles. The number of nitrogens with zero attached hydrogens (tertiary/aromatic N) is 2. The first-order chi connectivity index (χ1) is 9.28. The van der Waals surface area contributed by atoms with Gasteiger partial charge in [-0.25, -0.2) is 0 Å². The zero-order valence-electron chi connectivity index (χ0n) is 11.6. The molecule has 20 heavy (non-hydrogen) atoms. The van der Waals surface area contributed by atoms with Gasteiger partial charge < -0.3 is 15.2 Å². The highest BCUT2D eigenvalue weighted by molar-refractivity contribution is 14.0. The SMILES string of the molecule is CN=C(NCc1cccc(C)c1)NCc1ccon1.I. The monoisotopic (exact) mass is 386 g/mol. The highest BCUT2D eigenvalue weighted by atomic mass is 127. The van der Waals surface area contributed by atoms with Crippen LogP contribution >= 0.6 is 24.0 Å². The van der Waals surface area contributed by atoms with E-state index in [2.05, 4.69) is 52.0 Å². The molecule has 0 spiro atoms. The second-order valence-electron chi connectivity index (χ2n) is 4.26. The molecule has 5 nitrogen and oxygen atoms in total. The maximum atomic E-state index is 4.77. The third kappa shape index (κ3) is 5.20. The summed E-state index contributed by atoms with van der Waals surface area (Å²) in [4.78, 5) is 4.16. The van der Waals surface area contributed by atoms with Crippen molar-refractivity contribution in [3.05, 3.63) is 53.4 Å². The minimum Gasteiger partial charge on any atom is -0.364 e. The van der Waals surface area contributed by atoms with Gasteiger partial charge in [0.25, 0.3) is 0 Å². The Morgan fingerprint density at radius 2 is 2.05 bits per heavy atom. The molecule has 0 aliphatic rings. The Kier molecular flexibility index (Phi) is 7.06. The molecule has 0 unspecified atom stereocenters. The van der Waals surface area contributed by atoms with Gasteiger partial charge in [0.15, 0.2) is 5.96 Å². The van der Waals surface area contributed by atoms with Gasteiger partial charge in [-0.1, -0.05) is 35.0 Å². The summed E-state index contributed by atoms with van der Waals surface area (Å²) in [6.07, 6.45) is 1.56. The Labute approximate surface area is 135 Å². The first kappa shape index (κ1) is 16.5. The van der Waals surface area contributed by atoms with Crippen molar-refractivity contribution in [2.24, 2.45) is 4.99 Å². The van der Waals surface area contributed by atoms with Crippen LogP contribution in [0.5, 0.6) is 0 Å². The molecule has 0 radical (unpaired) electrons. The largest absolute Gasteiger partial charge is 0.364 e. The lowest BCUT2D eigenvalue weighted by atomic mass is 10.1. The van der Waals surface area contributed by atoms with Gasteiger partial charge in [0.05, 0.1) is 6.54 Å². The van der Waals surface area contributed by atoms with Crippen molar-refractivity contribution in [1.82, 2.24) is 15.8 Å². The quantitative estimate of drug-likeness (QED) is 0.482. The van der Waals surface area contributed by atoms with Crippen molar-refractivity contribution >= 4 is 29.9 Å². The lowest BCUT2D eigenvalue weighted by Gasteiger charge is -2.11. The van der Waals surface area contributed by atoms with E-state index in [0.29, 0.717) is 6.54 Å². The summed E-state index contributed by atoms with van der Waals surface area (Å²) < 4.78 is 4.77. The van der Waals surface area contributed by atoms with E-state index in [0.717, 1.165) is 18.2 Å². The van der Waals surface area contributed by atoms with Crippen LogP contribution in [0.15, 0.2) is 46.1 Å². The molecule has 2 rings (SSSR count). The lowest BCUT2D eigenvalue weighted by Crippen LogP contribution is -2.36. The van der Waals surface area contributed by atoms with Gasteiger partial charge in [0, 0.05) is 19.7 Å². The molecule has 2 N–H and O–H groups in total. The van der Waals surface area contributed by atoms with E-state index in [9.17, 15) is 0 Å². The van der Waals surface area contributed by atoms with Crippen LogP contribution in [-0.2, 0) is 13.1 Å². The minimum absolute atomic E-state index is 0. The Morgan fingerprint density at radius 3 is 2.70 bits per heavy atom. The van der Waals surface area contributed by atoms with Crippen molar-refractivity contribution in [2.45, 2.75) is 20.0 Å². The predicted octanol–water partition coefficient (Wildman–Crippen LogP) is 2.47. The fourth-order valence-electron chi connectivity index (χ4n) is 1.73. The van der Waals surface area contributed by atoms with Crippen LogP contribution in [0.2, 0.25) is 0 Å². The summed E-state index contributed by atoms with van der Waals surface area (Å²) in [5.74, 6) is 0.740. The van der Waals surface area contributed by atoms with Crippen molar-refractivity contribution in [3.8, 4) is 0 Å². The van der Waals surface area contributed by atoms with Gasteiger partial charge >= 0.3 is 0 Å². The molecule has 1 aromatic heterocycles. The number of rotatable bonds is 4. The number of hydrogen-bond donors (Lipinski definition) is 2. The maximum Gasteiger partial charge on any atom is 0.191 e. The molecule has 1 heterocycles. The number of aryl methyl sites for hydroxylation is 1. The topological polar surface area (TPSA) is 62.5 Å². The van der Waals surface area contributed by atoms with Gasteiger partial charge in [0.1, 0.15) is 12.0 Å². The van der Waals surface area contributed by atoms with Crippen LogP contribution in [-0.4, -0.2) is 18.2 Å². The molecule has 0 amide bonds. The number of hydrogen-bond acceptors (Lipinski definition) is 3. The lowest BCUT2D eigenvalue weighted by molar-refractivity contribution is 0.410. The van der Waals surface area contributed by atoms with Crippen molar-refractivity contribution in [3.63, 3.8) is 0 Å². The second kappa shape index (κ2) is 8.57. The summed E-state index contributed by atoms with van der Waals surface area (Å²) >= 11 is 0. The summed E-state index contributed by atoms with van der Waals surface area (Å²) in [7, 11) is 1.74. The summed E-state index contributed by atoms with van der Waals surface area (Å²) in [6, 6.07) is 10.2. The highest BCUT2D eigenvalue weighted by Gasteiger charge is 2.00. The van der Waals surface area contributed by atoms with Crippen molar-refractivity contribution in [1.29, 1.82) is 0 Å². The second-order valence-corrected chi connectivity index (χ2v) is 4.26. The predicted molar refractivity (Wildman–Crippen MR) is 90.1 cm³/mol. The molecule has 108 valence electrons. The molecule has 0 fully saturated rings.